The van der Waals surface area contributed by atoms with Crippen LogP contribution in [0.15, 0.2) is 55.0 Å². The number of nitriles is 1. The molecule has 20 heavy (non-hydrogen) atoms. The van der Waals surface area contributed by atoms with Crippen molar-refractivity contribution in [1.82, 2.24) is 14.8 Å². The van der Waals surface area contributed by atoms with Crippen LogP contribution in [0.4, 0.5) is 5.69 Å². The smallest absolute Gasteiger partial charge is 0.140 e. The number of hydrogen-bond donors (Lipinski definition) is 1. The van der Waals surface area contributed by atoms with Crippen LogP contribution in [0.3, 0.4) is 0 Å². The third-order valence-electron chi connectivity index (χ3n) is 2.98. The van der Waals surface area contributed by atoms with Gasteiger partial charge in [0.25, 0.3) is 0 Å². The van der Waals surface area contributed by atoms with Crippen LogP contribution in [-0.4, -0.2) is 14.8 Å². The minimum Gasteiger partial charge on any atom is -0.398 e. The molecular formula is C15H11N5. The van der Waals surface area contributed by atoms with Crippen molar-refractivity contribution in [2.24, 2.45) is 0 Å². The second-order valence-corrected chi connectivity index (χ2v) is 4.27. The molecule has 0 spiro atoms. The lowest BCUT2D eigenvalue weighted by Gasteiger charge is -2.02. The number of nitrogens with zero attached hydrogens (tertiary/aromatic N) is 4. The lowest BCUT2D eigenvalue weighted by atomic mass is 10.1. The van der Waals surface area contributed by atoms with Gasteiger partial charge in [-0.05, 0) is 18.2 Å². The van der Waals surface area contributed by atoms with E-state index in [9.17, 15) is 0 Å². The van der Waals surface area contributed by atoms with Gasteiger partial charge in [-0.15, -0.1) is 0 Å². The van der Waals surface area contributed by atoms with Crippen LogP contribution in [0.1, 0.15) is 5.69 Å². The first kappa shape index (κ1) is 11.9. The summed E-state index contributed by atoms with van der Waals surface area (Å²) in [5.74, 6) is 0. The van der Waals surface area contributed by atoms with Gasteiger partial charge in [0.1, 0.15) is 11.8 Å². The van der Waals surface area contributed by atoms with Gasteiger partial charge in [-0.1, -0.05) is 18.2 Å². The molecule has 0 aliphatic heterocycles. The van der Waals surface area contributed by atoms with Crippen molar-refractivity contribution in [3.63, 3.8) is 0 Å². The molecule has 5 nitrogen and oxygen atoms in total. The molecule has 0 radical (unpaired) electrons. The van der Waals surface area contributed by atoms with Crippen LogP contribution in [0.5, 0.6) is 0 Å². The first-order valence-corrected chi connectivity index (χ1v) is 6.04. The first-order chi connectivity index (χ1) is 9.78. The Balaban J connectivity index is 1.98. The zero-order valence-corrected chi connectivity index (χ0v) is 10.6. The average Bonchev–Trinajstić information content (AvgIpc) is 2.97. The van der Waals surface area contributed by atoms with Crippen molar-refractivity contribution in [2.45, 2.75) is 0 Å². The minimum atomic E-state index is 0.383. The minimum absolute atomic E-state index is 0.383. The SMILES string of the molecule is N#Cc1ccc(-n2cc(-c3ccccc3N)cn2)cn1. The van der Waals surface area contributed by atoms with Gasteiger partial charge in [-0.3, -0.25) is 0 Å². The molecule has 2 aromatic heterocycles. The summed E-state index contributed by atoms with van der Waals surface area (Å²) in [6.45, 7) is 0. The molecular weight excluding hydrogens is 250 g/mol. The van der Waals surface area contributed by atoms with E-state index in [0.717, 1.165) is 16.8 Å². The predicted octanol–water partition coefficient (Wildman–Crippen LogP) is 2.39. The highest BCUT2D eigenvalue weighted by molar-refractivity contribution is 5.75. The predicted molar refractivity (Wildman–Crippen MR) is 75.9 cm³/mol. The second-order valence-electron chi connectivity index (χ2n) is 4.27. The molecule has 0 amide bonds. The molecule has 2 heterocycles. The van der Waals surface area contributed by atoms with Gasteiger partial charge < -0.3 is 5.73 Å². The molecule has 1 aromatic carbocycles. The Bertz CT molecular complexity index is 781. The summed E-state index contributed by atoms with van der Waals surface area (Å²) >= 11 is 0. The fourth-order valence-corrected chi connectivity index (χ4v) is 1.95. The summed E-state index contributed by atoms with van der Waals surface area (Å²) in [5, 5.41) is 13.0. The van der Waals surface area contributed by atoms with E-state index in [1.807, 2.05) is 36.5 Å². The largest absolute Gasteiger partial charge is 0.398 e. The Morgan fingerprint density at radius 1 is 1.10 bits per heavy atom. The fraction of sp³-hybridized carbons (Fsp3) is 0. The highest BCUT2D eigenvalue weighted by Gasteiger charge is 2.06. The average molecular weight is 261 g/mol. The number of nitrogen functional groups attached to an aromatic ring is 1. The molecule has 0 bridgehead atoms. The van der Waals surface area contributed by atoms with Crippen LogP contribution >= 0.6 is 0 Å². The molecule has 5 heteroatoms. The number of hydrogen-bond acceptors (Lipinski definition) is 4. The topological polar surface area (TPSA) is 80.5 Å². The Morgan fingerprint density at radius 3 is 2.65 bits per heavy atom. The number of nitrogens with two attached hydrogens (primary N) is 1. The van der Waals surface area contributed by atoms with E-state index in [4.69, 9.17) is 11.0 Å². The van der Waals surface area contributed by atoms with E-state index in [-0.39, 0.29) is 0 Å². The van der Waals surface area contributed by atoms with Crippen LogP contribution < -0.4 is 5.73 Å². The summed E-state index contributed by atoms with van der Waals surface area (Å²) in [6.07, 6.45) is 5.25. The molecule has 3 aromatic rings. The molecule has 0 unspecified atom stereocenters. The molecule has 0 atom stereocenters. The van der Waals surface area contributed by atoms with Gasteiger partial charge in [0.2, 0.25) is 0 Å². The number of anilines is 1. The summed E-state index contributed by atoms with van der Waals surface area (Å²) < 4.78 is 1.70. The monoisotopic (exact) mass is 261 g/mol. The third-order valence-corrected chi connectivity index (χ3v) is 2.98. The number of benzene rings is 1. The zero-order chi connectivity index (χ0) is 13.9. The Labute approximate surface area is 115 Å². The van der Waals surface area contributed by atoms with Gasteiger partial charge in [0.05, 0.1) is 18.1 Å². The van der Waals surface area contributed by atoms with Gasteiger partial charge in [0, 0.05) is 23.0 Å². The van der Waals surface area contributed by atoms with Crippen molar-refractivity contribution in [1.29, 1.82) is 5.26 Å². The maximum atomic E-state index is 8.73. The van der Waals surface area contributed by atoms with Crippen LogP contribution in [0.25, 0.3) is 16.8 Å². The summed E-state index contributed by atoms with van der Waals surface area (Å²) in [7, 11) is 0. The third kappa shape index (κ3) is 2.10. The van der Waals surface area contributed by atoms with Crippen LogP contribution in [0.2, 0.25) is 0 Å². The maximum Gasteiger partial charge on any atom is 0.140 e. The summed E-state index contributed by atoms with van der Waals surface area (Å²) in [6, 6.07) is 13.1. The van der Waals surface area contributed by atoms with Gasteiger partial charge >= 0.3 is 0 Å². The van der Waals surface area contributed by atoms with E-state index < -0.39 is 0 Å². The Hall–Kier alpha value is -3.13. The standard InChI is InChI=1S/C15H11N5/c16-7-12-5-6-13(9-18-12)20-10-11(8-19-20)14-3-1-2-4-15(14)17/h1-6,8-10H,17H2. The Kier molecular flexibility index (Phi) is 2.90. The van der Waals surface area contributed by atoms with Gasteiger partial charge in [-0.25, -0.2) is 9.67 Å². The molecule has 0 aliphatic carbocycles. The van der Waals surface area contributed by atoms with Gasteiger partial charge in [0.15, 0.2) is 0 Å². The van der Waals surface area contributed by atoms with Crippen LogP contribution in [-0.2, 0) is 0 Å². The van der Waals surface area contributed by atoms with Crippen molar-refractivity contribution >= 4 is 5.69 Å². The van der Waals surface area contributed by atoms with E-state index in [1.165, 1.54) is 0 Å². The normalized spacial score (nSPS) is 10.2. The van der Waals surface area contributed by atoms with E-state index >= 15 is 0 Å². The molecule has 0 saturated heterocycles. The highest BCUT2D eigenvalue weighted by Crippen LogP contribution is 2.25. The van der Waals surface area contributed by atoms with E-state index in [1.54, 1.807) is 29.2 Å². The molecule has 0 saturated carbocycles. The van der Waals surface area contributed by atoms with Crippen molar-refractivity contribution in [2.75, 3.05) is 5.73 Å². The first-order valence-electron chi connectivity index (χ1n) is 6.04. The van der Waals surface area contributed by atoms with Crippen LogP contribution in [0, 0.1) is 11.3 Å². The fourth-order valence-electron chi connectivity index (χ4n) is 1.95. The Morgan fingerprint density at radius 2 is 1.95 bits per heavy atom. The zero-order valence-electron chi connectivity index (χ0n) is 10.6. The van der Waals surface area contributed by atoms with Gasteiger partial charge in [-0.2, -0.15) is 10.4 Å². The molecule has 2 N–H and O–H groups in total. The van der Waals surface area contributed by atoms with Crippen molar-refractivity contribution < 1.29 is 0 Å². The summed E-state index contributed by atoms with van der Waals surface area (Å²) in [4.78, 5) is 4.03. The summed E-state index contributed by atoms with van der Waals surface area (Å²) in [5.41, 5.74) is 9.73. The molecule has 0 aliphatic rings. The number of aromatic nitrogens is 3. The van der Waals surface area contributed by atoms with Crippen molar-refractivity contribution in [3.05, 3.63) is 60.7 Å². The number of rotatable bonds is 2. The highest BCUT2D eigenvalue weighted by atomic mass is 15.3. The van der Waals surface area contributed by atoms with E-state index in [0.29, 0.717) is 11.4 Å². The van der Waals surface area contributed by atoms with Crippen molar-refractivity contribution in [3.8, 4) is 22.9 Å². The number of para-hydroxylation sites is 1. The molecule has 3 rings (SSSR count). The maximum absolute atomic E-state index is 8.73. The molecule has 0 fully saturated rings. The lowest BCUT2D eigenvalue weighted by Crippen LogP contribution is -1.95. The second kappa shape index (κ2) is 4.86. The molecule has 96 valence electrons. The lowest BCUT2D eigenvalue weighted by molar-refractivity contribution is 0.873. The van der Waals surface area contributed by atoms with E-state index in [2.05, 4.69) is 10.1 Å². The quantitative estimate of drug-likeness (QED) is 0.718. The number of pyridine rings is 1.